The molecule has 1 heterocycles. The lowest BCUT2D eigenvalue weighted by Gasteiger charge is -2.26. The van der Waals surface area contributed by atoms with Crippen molar-refractivity contribution in [3.63, 3.8) is 0 Å². The van der Waals surface area contributed by atoms with Crippen molar-refractivity contribution in [3.05, 3.63) is 39.4 Å². The Morgan fingerprint density at radius 1 is 1.35 bits per heavy atom. The Labute approximate surface area is 135 Å². The SMILES string of the molecule is Cc1cc(C(=O)NCCCCN2CCOCC2)ccc1[N+](=O)[O-]. The van der Waals surface area contributed by atoms with Crippen LogP contribution in [0.5, 0.6) is 0 Å². The number of nitrogens with one attached hydrogen (secondary N) is 1. The molecule has 0 saturated carbocycles. The third-order valence-electron chi connectivity index (χ3n) is 3.95. The van der Waals surface area contributed by atoms with E-state index in [1.165, 1.54) is 12.1 Å². The van der Waals surface area contributed by atoms with Gasteiger partial charge in [0.15, 0.2) is 0 Å². The average Bonchev–Trinajstić information content (AvgIpc) is 2.55. The molecular formula is C16H23N3O4. The first-order valence-corrected chi connectivity index (χ1v) is 7.91. The van der Waals surface area contributed by atoms with E-state index < -0.39 is 4.92 Å². The third-order valence-corrected chi connectivity index (χ3v) is 3.95. The summed E-state index contributed by atoms with van der Waals surface area (Å²) in [7, 11) is 0. The summed E-state index contributed by atoms with van der Waals surface area (Å²) in [6.45, 7) is 6.83. The summed E-state index contributed by atoms with van der Waals surface area (Å²) in [5.41, 5.74) is 0.989. The number of unbranched alkanes of at least 4 members (excludes halogenated alkanes) is 1. The Morgan fingerprint density at radius 3 is 2.74 bits per heavy atom. The van der Waals surface area contributed by atoms with E-state index in [0.717, 1.165) is 45.7 Å². The van der Waals surface area contributed by atoms with Gasteiger partial charge < -0.3 is 10.1 Å². The molecule has 0 atom stereocenters. The van der Waals surface area contributed by atoms with Gasteiger partial charge in [0.05, 0.1) is 18.1 Å². The van der Waals surface area contributed by atoms with Crippen LogP contribution >= 0.6 is 0 Å². The lowest BCUT2D eigenvalue weighted by Crippen LogP contribution is -2.37. The van der Waals surface area contributed by atoms with Gasteiger partial charge in [0, 0.05) is 36.8 Å². The molecule has 0 radical (unpaired) electrons. The molecule has 0 aliphatic carbocycles. The normalized spacial score (nSPS) is 15.3. The molecule has 126 valence electrons. The lowest BCUT2D eigenvalue weighted by atomic mass is 10.1. The summed E-state index contributed by atoms with van der Waals surface area (Å²) in [6.07, 6.45) is 1.94. The largest absolute Gasteiger partial charge is 0.379 e. The predicted molar refractivity (Wildman–Crippen MR) is 86.7 cm³/mol. The number of nitro groups is 1. The Kier molecular flexibility index (Phi) is 6.49. The van der Waals surface area contributed by atoms with E-state index in [0.29, 0.717) is 17.7 Å². The Balaban J connectivity index is 1.70. The number of aryl methyl sites for hydroxylation is 1. The molecule has 2 rings (SSSR count). The topological polar surface area (TPSA) is 84.7 Å². The number of hydrogen-bond acceptors (Lipinski definition) is 5. The number of carbonyl (C=O) groups excluding carboxylic acids is 1. The minimum atomic E-state index is -0.442. The van der Waals surface area contributed by atoms with Gasteiger partial charge in [-0.3, -0.25) is 19.8 Å². The van der Waals surface area contributed by atoms with Crippen LogP contribution in [-0.2, 0) is 4.74 Å². The third kappa shape index (κ3) is 5.30. The zero-order valence-electron chi connectivity index (χ0n) is 13.4. The number of nitrogens with zero attached hydrogens (tertiary/aromatic N) is 2. The maximum atomic E-state index is 12.0. The fourth-order valence-electron chi connectivity index (χ4n) is 2.59. The van der Waals surface area contributed by atoms with Gasteiger partial charge >= 0.3 is 0 Å². The maximum absolute atomic E-state index is 12.0. The molecule has 1 fully saturated rings. The fourth-order valence-corrected chi connectivity index (χ4v) is 2.59. The molecule has 1 N–H and O–H groups in total. The number of nitro benzene ring substituents is 1. The monoisotopic (exact) mass is 321 g/mol. The van der Waals surface area contributed by atoms with Crippen LogP contribution in [-0.4, -0.2) is 55.1 Å². The molecule has 7 heteroatoms. The summed E-state index contributed by atoms with van der Waals surface area (Å²) < 4.78 is 5.30. The molecule has 7 nitrogen and oxygen atoms in total. The van der Waals surface area contributed by atoms with Crippen LogP contribution in [0.3, 0.4) is 0 Å². The Hall–Kier alpha value is -1.99. The lowest BCUT2D eigenvalue weighted by molar-refractivity contribution is -0.385. The highest BCUT2D eigenvalue weighted by Gasteiger charge is 2.13. The molecule has 0 aromatic heterocycles. The number of rotatable bonds is 7. The van der Waals surface area contributed by atoms with Gasteiger partial charge in [0.1, 0.15) is 0 Å². The van der Waals surface area contributed by atoms with Crippen molar-refractivity contribution in [1.82, 2.24) is 10.2 Å². The van der Waals surface area contributed by atoms with Crippen LogP contribution in [0.4, 0.5) is 5.69 Å². The van der Waals surface area contributed by atoms with Gasteiger partial charge in [-0.2, -0.15) is 0 Å². The minimum absolute atomic E-state index is 0.0343. The molecule has 1 aliphatic rings. The van der Waals surface area contributed by atoms with Crippen LogP contribution in [0, 0.1) is 17.0 Å². The molecule has 1 saturated heterocycles. The summed E-state index contributed by atoms with van der Waals surface area (Å²) in [5, 5.41) is 13.6. The summed E-state index contributed by atoms with van der Waals surface area (Å²) >= 11 is 0. The van der Waals surface area contributed by atoms with Crippen molar-refractivity contribution in [1.29, 1.82) is 0 Å². The van der Waals surface area contributed by atoms with Crippen molar-refractivity contribution in [2.45, 2.75) is 19.8 Å². The highest BCUT2D eigenvalue weighted by Crippen LogP contribution is 2.18. The second-order valence-electron chi connectivity index (χ2n) is 5.68. The van der Waals surface area contributed by atoms with E-state index in [2.05, 4.69) is 10.2 Å². The zero-order chi connectivity index (χ0) is 16.7. The molecule has 0 unspecified atom stereocenters. The van der Waals surface area contributed by atoms with E-state index in [4.69, 9.17) is 4.74 Å². The van der Waals surface area contributed by atoms with E-state index in [1.807, 2.05) is 0 Å². The van der Waals surface area contributed by atoms with Crippen LogP contribution in [0.2, 0.25) is 0 Å². The van der Waals surface area contributed by atoms with Crippen LogP contribution in [0.15, 0.2) is 18.2 Å². The van der Waals surface area contributed by atoms with Crippen molar-refractivity contribution in [2.24, 2.45) is 0 Å². The number of amides is 1. The quantitative estimate of drug-likeness (QED) is 0.470. The van der Waals surface area contributed by atoms with Gasteiger partial charge in [-0.05, 0) is 38.4 Å². The van der Waals surface area contributed by atoms with E-state index in [9.17, 15) is 14.9 Å². The first kappa shape index (κ1) is 17.4. The molecule has 0 spiro atoms. The van der Waals surface area contributed by atoms with Crippen molar-refractivity contribution >= 4 is 11.6 Å². The maximum Gasteiger partial charge on any atom is 0.272 e. The van der Waals surface area contributed by atoms with Gasteiger partial charge in [-0.25, -0.2) is 0 Å². The highest BCUT2D eigenvalue weighted by molar-refractivity contribution is 5.94. The number of ether oxygens (including phenoxy) is 1. The van der Waals surface area contributed by atoms with E-state index >= 15 is 0 Å². The number of carbonyl (C=O) groups is 1. The second-order valence-corrected chi connectivity index (χ2v) is 5.68. The molecule has 1 amide bonds. The summed E-state index contributed by atoms with van der Waals surface area (Å²) in [4.78, 5) is 24.7. The zero-order valence-corrected chi connectivity index (χ0v) is 13.4. The Bertz CT molecular complexity index is 556. The number of benzene rings is 1. The van der Waals surface area contributed by atoms with Crippen molar-refractivity contribution < 1.29 is 14.5 Å². The summed E-state index contributed by atoms with van der Waals surface area (Å²) in [5.74, 6) is -0.186. The van der Waals surface area contributed by atoms with Gasteiger partial charge in [-0.15, -0.1) is 0 Å². The molecular weight excluding hydrogens is 298 g/mol. The Morgan fingerprint density at radius 2 is 2.09 bits per heavy atom. The molecule has 1 aromatic carbocycles. The smallest absolute Gasteiger partial charge is 0.272 e. The average molecular weight is 321 g/mol. The highest BCUT2D eigenvalue weighted by atomic mass is 16.6. The van der Waals surface area contributed by atoms with Crippen molar-refractivity contribution in [3.8, 4) is 0 Å². The molecule has 0 bridgehead atoms. The van der Waals surface area contributed by atoms with Gasteiger partial charge in [0.2, 0.25) is 0 Å². The van der Waals surface area contributed by atoms with Crippen LogP contribution in [0.25, 0.3) is 0 Å². The van der Waals surface area contributed by atoms with Crippen LogP contribution < -0.4 is 5.32 Å². The van der Waals surface area contributed by atoms with E-state index in [-0.39, 0.29) is 11.6 Å². The number of morpholine rings is 1. The molecule has 1 aliphatic heterocycles. The molecule has 1 aromatic rings. The van der Waals surface area contributed by atoms with Crippen molar-refractivity contribution in [2.75, 3.05) is 39.4 Å². The number of hydrogen-bond donors (Lipinski definition) is 1. The van der Waals surface area contributed by atoms with Crippen LogP contribution in [0.1, 0.15) is 28.8 Å². The first-order chi connectivity index (χ1) is 11.1. The fraction of sp³-hybridized carbons (Fsp3) is 0.562. The molecule has 23 heavy (non-hydrogen) atoms. The first-order valence-electron chi connectivity index (χ1n) is 7.91. The minimum Gasteiger partial charge on any atom is -0.379 e. The van der Waals surface area contributed by atoms with Gasteiger partial charge in [-0.1, -0.05) is 0 Å². The van der Waals surface area contributed by atoms with Gasteiger partial charge in [0.25, 0.3) is 11.6 Å². The summed E-state index contributed by atoms with van der Waals surface area (Å²) in [6, 6.07) is 4.43. The predicted octanol–water partition coefficient (Wildman–Crippen LogP) is 1.75. The standard InChI is InChI=1S/C16H23N3O4/c1-13-12-14(4-5-15(13)19(21)22)16(20)17-6-2-3-7-18-8-10-23-11-9-18/h4-5,12H,2-3,6-11H2,1H3,(H,17,20). The second kappa shape index (κ2) is 8.59. The van der Waals surface area contributed by atoms with E-state index in [1.54, 1.807) is 13.0 Å².